The van der Waals surface area contributed by atoms with E-state index < -0.39 is 0 Å². The smallest absolute Gasteiger partial charge is 0.139 e. The van der Waals surface area contributed by atoms with Crippen LogP contribution in [-0.2, 0) is 4.79 Å². The predicted octanol–water partition coefficient (Wildman–Crippen LogP) is 4.09. The van der Waals surface area contributed by atoms with Gasteiger partial charge in [0.25, 0.3) is 0 Å². The van der Waals surface area contributed by atoms with Gasteiger partial charge < -0.3 is 5.32 Å². The molecule has 0 aromatic rings. The third kappa shape index (κ3) is 4.72. The van der Waals surface area contributed by atoms with E-state index in [9.17, 15) is 4.79 Å². The van der Waals surface area contributed by atoms with Crippen LogP contribution in [0.25, 0.3) is 0 Å². The molecule has 1 aliphatic rings. The Morgan fingerprint density at radius 2 is 1.61 bits per heavy atom. The summed E-state index contributed by atoms with van der Waals surface area (Å²) < 4.78 is 0. The largest absolute Gasteiger partial charge is 0.317 e. The number of carbonyl (C=O) groups is 1. The minimum Gasteiger partial charge on any atom is -0.317 e. The number of nitrogens with one attached hydrogen (secondary N) is 1. The first-order chi connectivity index (χ1) is 8.75. The van der Waals surface area contributed by atoms with Crippen molar-refractivity contribution in [2.75, 3.05) is 13.1 Å². The number of carbonyl (C=O) groups excluding carboxylic acids is 1. The van der Waals surface area contributed by atoms with Crippen molar-refractivity contribution in [2.45, 2.75) is 78.1 Å². The predicted molar refractivity (Wildman–Crippen MR) is 77.8 cm³/mol. The van der Waals surface area contributed by atoms with Crippen molar-refractivity contribution >= 4 is 5.78 Å². The highest BCUT2D eigenvalue weighted by Crippen LogP contribution is 2.35. The minimum absolute atomic E-state index is 0.0225. The molecule has 2 heteroatoms. The highest BCUT2D eigenvalue weighted by Gasteiger charge is 2.36. The fourth-order valence-corrected chi connectivity index (χ4v) is 3.07. The molecular weight excluding hydrogens is 222 g/mol. The molecule has 1 fully saturated rings. The first-order valence-corrected chi connectivity index (χ1v) is 7.99. The monoisotopic (exact) mass is 253 g/mol. The number of ketones is 1. The van der Waals surface area contributed by atoms with Crippen molar-refractivity contribution < 1.29 is 4.79 Å². The summed E-state index contributed by atoms with van der Waals surface area (Å²) >= 11 is 0. The molecule has 0 aliphatic carbocycles. The van der Waals surface area contributed by atoms with Gasteiger partial charge in [-0.15, -0.1) is 0 Å². The Morgan fingerprint density at radius 1 is 1.00 bits per heavy atom. The Bertz CT molecular complexity index is 231. The second kappa shape index (κ2) is 8.68. The van der Waals surface area contributed by atoms with Crippen LogP contribution in [0.15, 0.2) is 0 Å². The summed E-state index contributed by atoms with van der Waals surface area (Å²) in [7, 11) is 0. The van der Waals surface area contributed by atoms with Crippen LogP contribution in [-0.4, -0.2) is 18.9 Å². The topological polar surface area (TPSA) is 29.1 Å². The molecule has 0 bridgehead atoms. The van der Waals surface area contributed by atoms with E-state index in [1.165, 1.54) is 32.1 Å². The van der Waals surface area contributed by atoms with Gasteiger partial charge in [0, 0.05) is 11.8 Å². The molecule has 1 rings (SSSR count). The van der Waals surface area contributed by atoms with E-state index in [2.05, 4.69) is 19.2 Å². The fraction of sp³-hybridized carbons (Fsp3) is 0.938. The van der Waals surface area contributed by atoms with Crippen molar-refractivity contribution in [1.82, 2.24) is 5.32 Å². The molecule has 0 radical (unpaired) electrons. The summed E-state index contributed by atoms with van der Waals surface area (Å²) in [6, 6.07) is 0. The molecule has 1 aliphatic heterocycles. The Morgan fingerprint density at radius 3 is 2.22 bits per heavy atom. The fourth-order valence-electron chi connectivity index (χ4n) is 3.07. The first kappa shape index (κ1) is 15.7. The molecule has 0 aromatic carbocycles. The highest BCUT2D eigenvalue weighted by atomic mass is 16.1. The lowest BCUT2D eigenvalue weighted by Gasteiger charge is -2.35. The average molecular weight is 253 g/mol. The summed E-state index contributed by atoms with van der Waals surface area (Å²) in [5, 5.41) is 3.37. The van der Waals surface area contributed by atoms with Crippen LogP contribution < -0.4 is 5.32 Å². The normalized spacial score (nSPS) is 18.8. The summed E-state index contributed by atoms with van der Waals surface area (Å²) in [4.78, 5) is 12.4. The molecular formula is C16H31NO. The van der Waals surface area contributed by atoms with Crippen LogP contribution in [0, 0.1) is 5.41 Å². The number of unbranched alkanes of at least 4 members (excludes halogenated alkanes) is 5. The van der Waals surface area contributed by atoms with Gasteiger partial charge in [-0.2, -0.15) is 0 Å². The molecule has 0 aromatic heterocycles. The van der Waals surface area contributed by atoms with Crippen LogP contribution in [0.5, 0.6) is 0 Å². The number of hydrogen-bond acceptors (Lipinski definition) is 2. The van der Waals surface area contributed by atoms with Crippen LogP contribution >= 0.6 is 0 Å². The van der Waals surface area contributed by atoms with Gasteiger partial charge in [0.1, 0.15) is 5.78 Å². The van der Waals surface area contributed by atoms with E-state index in [0.717, 1.165) is 45.2 Å². The number of Topliss-reactive ketones (excluding diaryl/α,β-unsaturated/α-hetero) is 1. The van der Waals surface area contributed by atoms with Crippen molar-refractivity contribution in [2.24, 2.45) is 5.41 Å². The molecule has 0 atom stereocenters. The van der Waals surface area contributed by atoms with Crippen LogP contribution in [0.2, 0.25) is 0 Å². The van der Waals surface area contributed by atoms with Gasteiger partial charge in [-0.3, -0.25) is 4.79 Å². The highest BCUT2D eigenvalue weighted by molar-refractivity contribution is 5.84. The standard InChI is InChI=1S/C16H31NO/c1-3-5-6-7-8-9-10-15(18)16(4-2)11-13-17-14-12-16/h17H,3-14H2,1-2H3. The zero-order valence-electron chi connectivity index (χ0n) is 12.4. The Kier molecular flexibility index (Phi) is 7.57. The zero-order valence-corrected chi connectivity index (χ0v) is 12.4. The average Bonchev–Trinajstić information content (AvgIpc) is 2.43. The van der Waals surface area contributed by atoms with E-state index in [0.29, 0.717) is 5.78 Å². The van der Waals surface area contributed by atoms with Gasteiger partial charge in [0.05, 0.1) is 0 Å². The molecule has 1 saturated heterocycles. The lowest BCUT2D eigenvalue weighted by molar-refractivity contribution is -0.130. The maximum absolute atomic E-state index is 12.4. The van der Waals surface area contributed by atoms with Crippen molar-refractivity contribution in [1.29, 1.82) is 0 Å². The van der Waals surface area contributed by atoms with Crippen molar-refractivity contribution in [3.05, 3.63) is 0 Å². The lowest BCUT2D eigenvalue weighted by Crippen LogP contribution is -2.41. The number of hydrogen-bond donors (Lipinski definition) is 1. The lowest BCUT2D eigenvalue weighted by atomic mass is 9.72. The van der Waals surface area contributed by atoms with E-state index in [-0.39, 0.29) is 5.41 Å². The molecule has 1 heterocycles. The molecule has 0 unspecified atom stereocenters. The minimum atomic E-state index is 0.0225. The maximum atomic E-state index is 12.4. The van der Waals surface area contributed by atoms with Gasteiger partial charge in [0.15, 0.2) is 0 Å². The maximum Gasteiger partial charge on any atom is 0.139 e. The van der Waals surface area contributed by atoms with E-state index >= 15 is 0 Å². The van der Waals surface area contributed by atoms with Crippen LogP contribution in [0.4, 0.5) is 0 Å². The zero-order chi connectivity index (χ0) is 13.3. The van der Waals surface area contributed by atoms with E-state index in [1.54, 1.807) is 0 Å². The van der Waals surface area contributed by atoms with Gasteiger partial charge >= 0.3 is 0 Å². The summed E-state index contributed by atoms with van der Waals surface area (Å²) in [6.45, 7) is 6.47. The molecule has 0 saturated carbocycles. The van der Waals surface area contributed by atoms with Crippen molar-refractivity contribution in [3.8, 4) is 0 Å². The quantitative estimate of drug-likeness (QED) is 0.627. The SMILES string of the molecule is CCCCCCCCC(=O)C1(CC)CCNCC1. The molecule has 106 valence electrons. The Labute approximate surface area is 113 Å². The first-order valence-electron chi connectivity index (χ1n) is 7.99. The number of rotatable bonds is 9. The van der Waals surface area contributed by atoms with Crippen LogP contribution in [0.3, 0.4) is 0 Å². The van der Waals surface area contributed by atoms with Gasteiger partial charge in [-0.05, 0) is 38.8 Å². The van der Waals surface area contributed by atoms with Gasteiger partial charge in [-0.1, -0.05) is 46.0 Å². The van der Waals surface area contributed by atoms with Gasteiger partial charge in [0.2, 0.25) is 0 Å². The van der Waals surface area contributed by atoms with Crippen LogP contribution in [0.1, 0.15) is 78.1 Å². The molecule has 18 heavy (non-hydrogen) atoms. The van der Waals surface area contributed by atoms with Gasteiger partial charge in [-0.25, -0.2) is 0 Å². The van der Waals surface area contributed by atoms with Crippen molar-refractivity contribution in [3.63, 3.8) is 0 Å². The molecule has 0 amide bonds. The second-order valence-corrected chi connectivity index (χ2v) is 5.82. The van der Waals surface area contributed by atoms with E-state index in [1.807, 2.05) is 0 Å². The third-order valence-corrected chi connectivity index (χ3v) is 4.59. The Balaban J connectivity index is 2.21. The molecule has 2 nitrogen and oxygen atoms in total. The molecule has 0 spiro atoms. The Hall–Kier alpha value is -0.370. The third-order valence-electron chi connectivity index (χ3n) is 4.59. The number of piperidine rings is 1. The second-order valence-electron chi connectivity index (χ2n) is 5.82. The van der Waals surface area contributed by atoms with E-state index in [4.69, 9.17) is 0 Å². The summed E-state index contributed by atoms with van der Waals surface area (Å²) in [6.07, 6.45) is 11.6. The summed E-state index contributed by atoms with van der Waals surface area (Å²) in [5.41, 5.74) is 0.0225. The summed E-state index contributed by atoms with van der Waals surface area (Å²) in [5.74, 6) is 0.544. The molecule has 1 N–H and O–H groups in total.